The summed E-state index contributed by atoms with van der Waals surface area (Å²) in [5.41, 5.74) is 4.48. The maximum Gasteiger partial charge on any atom is 0.308 e. The molecule has 1 atom stereocenters. The molecule has 0 saturated heterocycles. The molecule has 0 aliphatic carbocycles. The SMILES string of the molecule is COC(=O)C[C@@H](CC(=O)C=Cc1c(-c2ccc(F)cc2)c(-c2ccccc2)c(C(=O)Nc2ccccc2)n1C(C)C)O[Si](C)(C)C(C)(C)C. The lowest BCUT2D eigenvalue weighted by Gasteiger charge is -2.39. The number of anilines is 1. The monoisotopic (exact) mass is 682 g/mol. The summed E-state index contributed by atoms with van der Waals surface area (Å²) in [6, 6.07) is 24.7. The van der Waals surface area contributed by atoms with Gasteiger partial charge in [0.15, 0.2) is 14.1 Å². The summed E-state index contributed by atoms with van der Waals surface area (Å²) < 4.78 is 27.6. The Morgan fingerprint density at radius 1 is 0.857 bits per heavy atom. The number of carbonyl (C=O) groups is 3. The predicted octanol–water partition coefficient (Wildman–Crippen LogP) is 9.72. The molecule has 0 unspecified atom stereocenters. The van der Waals surface area contributed by atoms with E-state index in [0.29, 0.717) is 33.8 Å². The van der Waals surface area contributed by atoms with Crippen LogP contribution in [0, 0.1) is 5.82 Å². The van der Waals surface area contributed by atoms with Gasteiger partial charge in [-0.1, -0.05) is 81.4 Å². The van der Waals surface area contributed by atoms with E-state index in [1.807, 2.05) is 79.1 Å². The fourth-order valence-corrected chi connectivity index (χ4v) is 6.87. The minimum atomic E-state index is -2.33. The molecule has 1 N–H and O–H groups in total. The minimum absolute atomic E-state index is 0.0285. The van der Waals surface area contributed by atoms with Crippen molar-refractivity contribution in [3.63, 3.8) is 0 Å². The summed E-state index contributed by atoms with van der Waals surface area (Å²) >= 11 is 0. The fraction of sp³-hybridized carbons (Fsp3) is 0.325. The van der Waals surface area contributed by atoms with Crippen molar-refractivity contribution in [1.29, 1.82) is 0 Å². The summed E-state index contributed by atoms with van der Waals surface area (Å²) in [6.07, 6.45) is 2.46. The molecule has 0 saturated carbocycles. The Labute approximate surface area is 290 Å². The van der Waals surface area contributed by atoms with Gasteiger partial charge in [0.25, 0.3) is 5.91 Å². The highest BCUT2D eigenvalue weighted by Gasteiger charge is 2.40. The third-order valence-corrected chi connectivity index (χ3v) is 13.5. The molecular formula is C40H47FN2O5Si. The van der Waals surface area contributed by atoms with Gasteiger partial charge in [-0.05, 0) is 79.5 Å². The van der Waals surface area contributed by atoms with Gasteiger partial charge >= 0.3 is 5.97 Å². The van der Waals surface area contributed by atoms with Crippen LogP contribution in [0.3, 0.4) is 0 Å². The Morgan fingerprint density at radius 2 is 1.43 bits per heavy atom. The van der Waals surface area contributed by atoms with Gasteiger partial charge < -0.3 is 19.0 Å². The van der Waals surface area contributed by atoms with E-state index in [1.54, 1.807) is 18.2 Å². The Morgan fingerprint density at radius 3 is 1.98 bits per heavy atom. The number of para-hydroxylation sites is 1. The van der Waals surface area contributed by atoms with Gasteiger partial charge in [-0.2, -0.15) is 0 Å². The average molecular weight is 683 g/mol. The Bertz CT molecular complexity index is 1790. The number of hydrogen-bond acceptors (Lipinski definition) is 5. The summed E-state index contributed by atoms with van der Waals surface area (Å²) in [5, 5.41) is 2.91. The standard InChI is InChI=1S/C40H47FN2O5Si/c1-27(2)43-34(24-23-32(44)25-33(26-35(45)47-6)48-49(7,8)40(3,4)5)36(29-19-21-30(41)22-20-29)37(28-15-11-9-12-16-28)38(43)39(46)42-31-17-13-10-14-18-31/h9-24,27,33H,25-26H2,1-8H3,(H,42,46)/t33-/m1/s1. The first kappa shape index (κ1) is 37.2. The van der Waals surface area contributed by atoms with E-state index in [1.165, 1.54) is 25.3 Å². The number of halogens is 1. The van der Waals surface area contributed by atoms with Crippen molar-refractivity contribution in [3.05, 3.63) is 108 Å². The molecule has 0 aliphatic heterocycles. The smallest absolute Gasteiger partial charge is 0.308 e. The van der Waals surface area contributed by atoms with Crippen LogP contribution in [-0.2, 0) is 18.8 Å². The molecule has 0 bridgehead atoms. The van der Waals surface area contributed by atoms with Crippen LogP contribution >= 0.6 is 0 Å². The molecule has 0 radical (unpaired) electrons. The number of rotatable bonds is 13. The fourth-order valence-electron chi connectivity index (χ4n) is 5.52. The summed E-state index contributed by atoms with van der Waals surface area (Å²) in [4.78, 5) is 40.3. The lowest BCUT2D eigenvalue weighted by atomic mass is 9.94. The van der Waals surface area contributed by atoms with E-state index < -0.39 is 20.4 Å². The molecule has 49 heavy (non-hydrogen) atoms. The lowest BCUT2D eigenvalue weighted by Crippen LogP contribution is -2.44. The summed E-state index contributed by atoms with van der Waals surface area (Å²) in [6.45, 7) is 14.4. The number of benzene rings is 3. The number of amides is 1. The maximum atomic E-state index is 14.3. The van der Waals surface area contributed by atoms with Gasteiger partial charge in [0.1, 0.15) is 11.5 Å². The van der Waals surface area contributed by atoms with Crippen LogP contribution < -0.4 is 5.32 Å². The molecule has 9 heteroatoms. The highest BCUT2D eigenvalue weighted by molar-refractivity contribution is 6.74. The molecule has 0 spiro atoms. The Balaban J connectivity index is 1.89. The third-order valence-electron chi connectivity index (χ3n) is 8.95. The number of ketones is 1. The zero-order chi connectivity index (χ0) is 35.9. The van der Waals surface area contributed by atoms with Crippen molar-refractivity contribution in [3.8, 4) is 22.3 Å². The van der Waals surface area contributed by atoms with E-state index in [-0.39, 0.29) is 41.4 Å². The second kappa shape index (κ2) is 15.7. The Kier molecular flexibility index (Phi) is 12.0. The van der Waals surface area contributed by atoms with Crippen LogP contribution in [0.2, 0.25) is 18.1 Å². The molecule has 0 fully saturated rings. The average Bonchev–Trinajstić information content (AvgIpc) is 3.40. The molecule has 1 heterocycles. The van der Waals surface area contributed by atoms with Crippen LogP contribution in [0.1, 0.15) is 69.7 Å². The van der Waals surface area contributed by atoms with Crippen molar-refractivity contribution in [2.24, 2.45) is 0 Å². The van der Waals surface area contributed by atoms with Crippen LogP contribution in [-0.4, -0.2) is 43.8 Å². The number of ether oxygens (including phenoxy) is 1. The number of hydrogen-bond donors (Lipinski definition) is 1. The molecule has 4 aromatic rings. The van der Waals surface area contributed by atoms with E-state index >= 15 is 0 Å². The first-order chi connectivity index (χ1) is 23.1. The van der Waals surface area contributed by atoms with Crippen molar-refractivity contribution < 1.29 is 27.9 Å². The van der Waals surface area contributed by atoms with Gasteiger partial charge in [0, 0.05) is 29.3 Å². The molecule has 1 amide bonds. The van der Waals surface area contributed by atoms with E-state index in [4.69, 9.17) is 9.16 Å². The van der Waals surface area contributed by atoms with Gasteiger partial charge in [0.05, 0.1) is 25.3 Å². The van der Waals surface area contributed by atoms with Crippen molar-refractivity contribution in [2.45, 2.75) is 77.7 Å². The number of methoxy groups -OCH3 is 1. The second-order valence-corrected chi connectivity index (χ2v) is 18.7. The number of esters is 1. The second-order valence-electron chi connectivity index (χ2n) is 13.9. The molecule has 0 aliphatic rings. The number of allylic oxidation sites excluding steroid dienone is 1. The molecule has 1 aromatic heterocycles. The highest BCUT2D eigenvalue weighted by atomic mass is 28.4. The highest BCUT2D eigenvalue weighted by Crippen LogP contribution is 2.43. The molecule has 3 aromatic carbocycles. The molecule has 4 rings (SSSR count). The van der Waals surface area contributed by atoms with Gasteiger partial charge in [-0.3, -0.25) is 14.4 Å². The Hall–Kier alpha value is -4.60. The van der Waals surface area contributed by atoms with Crippen LogP contribution in [0.25, 0.3) is 28.3 Å². The van der Waals surface area contributed by atoms with Crippen molar-refractivity contribution >= 4 is 37.7 Å². The topological polar surface area (TPSA) is 86.6 Å². The number of nitrogens with zero attached hydrogens (tertiary/aromatic N) is 1. The van der Waals surface area contributed by atoms with Gasteiger partial charge in [0.2, 0.25) is 0 Å². The summed E-state index contributed by atoms with van der Waals surface area (Å²) in [5.74, 6) is -1.41. The largest absolute Gasteiger partial charge is 0.469 e. The van der Waals surface area contributed by atoms with E-state index in [2.05, 4.69) is 39.2 Å². The van der Waals surface area contributed by atoms with E-state index in [0.717, 1.165) is 5.56 Å². The minimum Gasteiger partial charge on any atom is -0.469 e. The van der Waals surface area contributed by atoms with Crippen LogP contribution in [0.4, 0.5) is 10.1 Å². The first-order valence-corrected chi connectivity index (χ1v) is 19.4. The zero-order valence-electron chi connectivity index (χ0n) is 29.7. The van der Waals surface area contributed by atoms with Crippen molar-refractivity contribution in [1.82, 2.24) is 4.57 Å². The van der Waals surface area contributed by atoms with E-state index in [9.17, 15) is 18.8 Å². The van der Waals surface area contributed by atoms with Gasteiger partial charge in [-0.25, -0.2) is 4.39 Å². The molecule has 7 nitrogen and oxygen atoms in total. The van der Waals surface area contributed by atoms with Crippen molar-refractivity contribution in [2.75, 3.05) is 12.4 Å². The number of carbonyl (C=O) groups excluding carboxylic acids is 3. The first-order valence-electron chi connectivity index (χ1n) is 16.5. The summed E-state index contributed by atoms with van der Waals surface area (Å²) in [7, 11) is -1.01. The van der Waals surface area contributed by atoms with Crippen LogP contribution in [0.5, 0.6) is 0 Å². The van der Waals surface area contributed by atoms with Gasteiger partial charge in [-0.15, -0.1) is 0 Å². The van der Waals surface area contributed by atoms with Crippen LogP contribution in [0.15, 0.2) is 91.0 Å². The number of nitrogens with one attached hydrogen (secondary N) is 1. The zero-order valence-corrected chi connectivity index (χ0v) is 30.7. The molecular weight excluding hydrogens is 636 g/mol. The third kappa shape index (κ3) is 9.10. The predicted molar refractivity (Wildman–Crippen MR) is 197 cm³/mol. The number of aromatic nitrogens is 1. The quantitative estimate of drug-likeness (QED) is 0.0862. The molecule has 258 valence electrons. The normalized spacial score (nSPS) is 12.7. The lowest BCUT2D eigenvalue weighted by molar-refractivity contribution is -0.142. The maximum absolute atomic E-state index is 14.3.